The summed E-state index contributed by atoms with van der Waals surface area (Å²) in [5.74, 6) is 0. The van der Waals surface area contributed by atoms with Crippen LogP contribution < -0.4 is 0 Å². The van der Waals surface area contributed by atoms with Gasteiger partial charge in [0.1, 0.15) is 0 Å². The molecule has 0 aliphatic heterocycles. The number of hydrogen-bond donors (Lipinski definition) is 0. The fourth-order valence-electron chi connectivity index (χ4n) is 1.01. The molecule has 0 heterocycles. The maximum absolute atomic E-state index is 11.8. The van der Waals surface area contributed by atoms with E-state index in [2.05, 4.69) is 4.74 Å². The zero-order valence-electron chi connectivity index (χ0n) is 8.10. The van der Waals surface area contributed by atoms with E-state index in [0.717, 1.165) is 0 Å². The summed E-state index contributed by atoms with van der Waals surface area (Å²) in [5.41, 5.74) is 0. The van der Waals surface area contributed by atoms with E-state index in [0.29, 0.717) is 0 Å². The second-order valence-electron chi connectivity index (χ2n) is 2.78. The molecule has 0 aromatic heterocycles. The van der Waals surface area contributed by atoms with Gasteiger partial charge in [0, 0.05) is 0 Å². The molecule has 4 heteroatoms. The van der Waals surface area contributed by atoms with Gasteiger partial charge in [-0.2, -0.15) is 0 Å². The summed E-state index contributed by atoms with van der Waals surface area (Å²) in [5, 5.41) is 0. The van der Waals surface area contributed by atoms with Crippen molar-refractivity contribution in [1.82, 2.24) is 0 Å². The van der Waals surface area contributed by atoms with E-state index in [1.807, 2.05) is 0 Å². The maximum atomic E-state index is 11.8. The first-order chi connectivity index (χ1) is 6.59. The highest BCUT2D eigenvalue weighted by Crippen LogP contribution is 2.17. The topological polar surface area (TPSA) is 43.4 Å². The van der Waals surface area contributed by atoms with Crippen molar-refractivity contribution in [2.45, 2.75) is 11.8 Å². The standard InChI is InChI=1S/C10H12O3S/c1-9(8-13-2)14(11,12)10-6-4-3-5-7-10/h3-8H,1-2H3. The Kier molecular flexibility index (Phi) is 3.30. The first-order valence-electron chi connectivity index (χ1n) is 4.08. The Morgan fingerprint density at radius 3 is 2.36 bits per heavy atom. The molecule has 14 heavy (non-hydrogen) atoms. The Bertz CT molecular complexity index is 418. The van der Waals surface area contributed by atoms with Gasteiger partial charge in [-0.15, -0.1) is 0 Å². The molecule has 0 radical (unpaired) electrons. The second-order valence-corrected chi connectivity index (χ2v) is 4.90. The highest BCUT2D eigenvalue weighted by atomic mass is 32.2. The minimum atomic E-state index is -3.37. The molecule has 0 spiro atoms. The third-order valence-electron chi connectivity index (χ3n) is 1.76. The fraction of sp³-hybridized carbons (Fsp3) is 0.200. The van der Waals surface area contributed by atoms with Crippen molar-refractivity contribution in [3.8, 4) is 0 Å². The van der Waals surface area contributed by atoms with Crippen molar-refractivity contribution in [2.24, 2.45) is 0 Å². The Labute approximate surface area is 83.9 Å². The van der Waals surface area contributed by atoms with Crippen LogP contribution in [0.3, 0.4) is 0 Å². The van der Waals surface area contributed by atoms with Gasteiger partial charge in [-0.05, 0) is 19.1 Å². The lowest BCUT2D eigenvalue weighted by Gasteiger charge is -2.03. The zero-order chi connectivity index (χ0) is 10.6. The van der Waals surface area contributed by atoms with Crippen LogP contribution in [0.15, 0.2) is 46.4 Å². The largest absolute Gasteiger partial charge is 0.503 e. The molecule has 0 bridgehead atoms. The number of rotatable bonds is 3. The first-order valence-corrected chi connectivity index (χ1v) is 5.57. The smallest absolute Gasteiger partial charge is 0.205 e. The zero-order valence-corrected chi connectivity index (χ0v) is 8.91. The van der Waals surface area contributed by atoms with Gasteiger partial charge in [0.05, 0.1) is 23.2 Å². The monoisotopic (exact) mass is 212 g/mol. The van der Waals surface area contributed by atoms with E-state index in [4.69, 9.17) is 0 Å². The van der Waals surface area contributed by atoms with Crippen LogP contribution in [0.2, 0.25) is 0 Å². The van der Waals surface area contributed by atoms with Crippen molar-refractivity contribution >= 4 is 9.84 Å². The van der Waals surface area contributed by atoms with Gasteiger partial charge in [-0.1, -0.05) is 18.2 Å². The van der Waals surface area contributed by atoms with Crippen molar-refractivity contribution < 1.29 is 13.2 Å². The van der Waals surface area contributed by atoms with E-state index in [9.17, 15) is 8.42 Å². The van der Waals surface area contributed by atoms with Crippen LogP contribution in [0, 0.1) is 0 Å². The second kappa shape index (κ2) is 4.28. The highest BCUT2D eigenvalue weighted by Gasteiger charge is 2.16. The summed E-state index contributed by atoms with van der Waals surface area (Å²) in [6, 6.07) is 8.26. The van der Waals surface area contributed by atoms with Gasteiger partial charge in [-0.25, -0.2) is 8.42 Å². The molecule has 0 saturated carbocycles. The molecule has 0 amide bonds. The summed E-state index contributed by atoms with van der Waals surface area (Å²) >= 11 is 0. The number of methoxy groups -OCH3 is 1. The Morgan fingerprint density at radius 1 is 1.29 bits per heavy atom. The summed E-state index contributed by atoms with van der Waals surface area (Å²) < 4.78 is 28.2. The summed E-state index contributed by atoms with van der Waals surface area (Å²) in [6.07, 6.45) is 1.22. The van der Waals surface area contributed by atoms with Crippen molar-refractivity contribution in [2.75, 3.05) is 7.11 Å². The molecule has 76 valence electrons. The molecule has 0 saturated heterocycles. The predicted molar refractivity (Wildman–Crippen MR) is 54.4 cm³/mol. The fourth-order valence-corrected chi connectivity index (χ4v) is 2.12. The van der Waals surface area contributed by atoms with Crippen LogP contribution in [0.4, 0.5) is 0 Å². The SMILES string of the molecule is COC=C(C)S(=O)(=O)c1ccccc1. The minimum Gasteiger partial charge on any atom is -0.503 e. The van der Waals surface area contributed by atoms with Gasteiger partial charge < -0.3 is 4.74 Å². The average molecular weight is 212 g/mol. The summed E-state index contributed by atoms with van der Waals surface area (Å²) in [4.78, 5) is 0.483. The molecule has 0 fully saturated rings. The normalized spacial score (nSPS) is 12.6. The van der Waals surface area contributed by atoms with Crippen LogP contribution >= 0.6 is 0 Å². The molecule has 0 aliphatic rings. The predicted octanol–water partition coefficient (Wildman–Crippen LogP) is 1.97. The molecule has 0 atom stereocenters. The number of sulfone groups is 1. The number of benzene rings is 1. The summed E-state index contributed by atoms with van der Waals surface area (Å²) in [6.45, 7) is 1.51. The molecule has 1 rings (SSSR count). The van der Waals surface area contributed by atoms with Crippen LogP contribution in [-0.2, 0) is 14.6 Å². The lowest BCUT2D eigenvalue weighted by Crippen LogP contribution is -2.02. The van der Waals surface area contributed by atoms with Crippen molar-refractivity contribution in [3.05, 3.63) is 41.5 Å². The molecule has 0 N–H and O–H groups in total. The van der Waals surface area contributed by atoms with Gasteiger partial charge in [0.15, 0.2) is 0 Å². The van der Waals surface area contributed by atoms with Crippen molar-refractivity contribution in [1.29, 1.82) is 0 Å². The van der Waals surface area contributed by atoms with Gasteiger partial charge >= 0.3 is 0 Å². The van der Waals surface area contributed by atoms with Gasteiger partial charge in [0.2, 0.25) is 9.84 Å². The number of allylic oxidation sites excluding steroid dienone is 1. The minimum absolute atomic E-state index is 0.200. The highest BCUT2D eigenvalue weighted by molar-refractivity contribution is 7.95. The summed E-state index contributed by atoms with van der Waals surface area (Å²) in [7, 11) is -1.94. The van der Waals surface area contributed by atoms with Gasteiger partial charge in [-0.3, -0.25) is 0 Å². The molecular formula is C10H12O3S. The van der Waals surface area contributed by atoms with E-state index in [1.54, 1.807) is 30.3 Å². The third-order valence-corrected chi connectivity index (χ3v) is 3.60. The van der Waals surface area contributed by atoms with Crippen molar-refractivity contribution in [3.63, 3.8) is 0 Å². The number of ether oxygens (including phenoxy) is 1. The molecule has 3 nitrogen and oxygen atoms in total. The van der Waals surface area contributed by atoms with Gasteiger partial charge in [0.25, 0.3) is 0 Å². The third kappa shape index (κ3) is 2.14. The maximum Gasteiger partial charge on any atom is 0.205 e. The molecule has 1 aromatic rings. The lowest BCUT2D eigenvalue weighted by atomic mass is 10.4. The van der Waals surface area contributed by atoms with Crippen LogP contribution in [0.25, 0.3) is 0 Å². The average Bonchev–Trinajstić information content (AvgIpc) is 2.19. The first kappa shape index (κ1) is 10.8. The van der Waals surface area contributed by atoms with Crippen LogP contribution in [0.5, 0.6) is 0 Å². The molecule has 1 aromatic carbocycles. The Morgan fingerprint density at radius 2 is 1.86 bits per heavy atom. The van der Waals surface area contributed by atoms with Crippen LogP contribution in [0.1, 0.15) is 6.92 Å². The molecule has 0 aliphatic carbocycles. The quantitative estimate of drug-likeness (QED) is 0.719. The molecule has 0 unspecified atom stereocenters. The van der Waals surface area contributed by atoms with E-state index < -0.39 is 9.84 Å². The molecular weight excluding hydrogens is 200 g/mol. The van der Waals surface area contributed by atoms with E-state index in [1.165, 1.54) is 20.3 Å². The van der Waals surface area contributed by atoms with E-state index >= 15 is 0 Å². The van der Waals surface area contributed by atoms with Crippen LogP contribution in [-0.4, -0.2) is 15.5 Å². The number of hydrogen-bond acceptors (Lipinski definition) is 3. The Hall–Kier alpha value is -1.29. The van der Waals surface area contributed by atoms with E-state index in [-0.39, 0.29) is 9.80 Å². The lowest BCUT2D eigenvalue weighted by molar-refractivity contribution is 0.336. The Balaban J connectivity index is 3.17.